The van der Waals surface area contributed by atoms with Crippen LogP contribution >= 0.6 is 0 Å². The monoisotopic (exact) mass is 245 g/mol. The molecule has 0 aliphatic heterocycles. The lowest BCUT2D eigenvalue weighted by Gasteiger charge is -1.97. The average Bonchev–Trinajstić information content (AvgIpc) is 2.75. The van der Waals surface area contributed by atoms with E-state index in [9.17, 15) is 4.79 Å². The Morgan fingerprint density at radius 1 is 1.44 bits per heavy atom. The van der Waals surface area contributed by atoms with E-state index < -0.39 is 0 Å². The molecule has 18 heavy (non-hydrogen) atoms. The summed E-state index contributed by atoms with van der Waals surface area (Å²) in [6.45, 7) is 0. The molecule has 7 nitrogen and oxygen atoms in total. The van der Waals surface area contributed by atoms with Crippen LogP contribution in [0.2, 0.25) is 0 Å². The van der Waals surface area contributed by atoms with Crippen LogP contribution in [0.4, 0.5) is 0 Å². The number of carbonyl (C=O) groups is 1. The number of hydrazone groups is 1. The van der Waals surface area contributed by atoms with Crippen molar-refractivity contribution in [2.24, 2.45) is 16.7 Å². The molecule has 0 atom stereocenters. The van der Waals surface area contributed by atoms with Crippen molar-refractivity contribution >= 4 is 17.7 Å². The summed E-state index contributed by atoms with van der Waals surface area (Å²) in [6.07, 6.45) is 8.37. The predicted molar refractivity (Wildman–Crippen MR) is 65.3 cm³/mol. The Bertz CT molecular complexity index is 580. The molecule has 0 radical (unpaired) electrons. The number of rotatable bonds is 3. The first-order valence-corrected chi connectivity index (χ1v) is 5.16. The maximum absolute atomic E-state index is 10.5. The molecule has 0 saturated heterocycles. The van der Waals surface area contributed by atoms with E-state index >= 15 is 0 Å². The molecule has 2 rings (SSSR count). The van der Waals surface area contributed by atoms with Crippen molar-refractivity contribution in [1.29, 1.82) is 0 Å². The van der Waals surface area contributed by atoms with Gasteiger partial charge in [-0.15, -0.1) is 0 Å². The van der Waals surface area contributed by atoms with Gasteiger partial charge in [-0.3, -0.25) is 4.79 Å². The summed E-state index contributed by atoms with van der Waals surface area (Å²) in [5.41, 5.74) is 7.05. The van der Waals surface area contributed by atoms with Crippen LogP contribution in [0.15, 0.2) is 39.5 Å². The van der Waals surface area contributed by atoms with E-state index in [1.807, 2.05) is 12.2 Å². The van der Waals surface area contributed by atoms with Gasteiger partial charge in [-0.05, 0) is 12.5 Å². The van der Waals surface area contributed by atoms with Gasteiger partial charge in [0.25, 0.3) is 5.89 Å². The maximum Gasteiger partial charge on any atom is 0.258 e. The Hall–Kier alpha value is -2.70. The second-order valence-corrected chi connectivity index (χ2v) is 3.48. The molecule has 1 heterocycles. The lowest BCUT2D eigenvalue weighted by molar-refractivity contribution is 0.111. The van der Waals surface area contributed by atoms with Crippen molar-refractivity contribution in [3.63, 3.8) is 0 Å². The molecule has 1 aromatic rings. The Morgan fingerprint density at radius 3 is 2.94 bits per heavy atom. The van der Waals surface area contributed by atoms with Crippen molar-refractivity contribution < 1.29 is 9.32 Å². The molecule has 0 fully saturated rings. The summed E-state index contributed by atoms with van der Waals surface area (Å²) in [5, 5.41) is 6.92. The smallest absolute Gasteiger partial charge is 0.258 e. The minimum absolute atomic E-state index is 0.0137. The highest BCUT2D eigenvalue weighted by molar-refractivity contribution is 6.00. The van der Waals surface area contributed by atoms with E-state index in [0.717, 1.165) is 5.57 Å². The summed E-state index contributed by atoms with van der Waals surface area (Å²) < 4.78 is 4.95. The van der Waals surface area contributed by atoms with Gasteiger partial charge in [-0.2, -0.15) is 10.1 Å². The molecular formula is C11H11N5O2. The summed E-state index contributed by atoms with van der Waals surface area (Å²) in [7, 11) is 0. The van der Waals surface area contributed by atoms with Crippen LogP contribution in [0, 0.1) is 0 Å². The van der Waals surface area contributed by atoms with Gasteiger partial charge in [0, 0.05) is 11.1 Å². The van der Waals surface area contributed by atoms with Crippen LogP contribution in [0.3, 0.4) is 0 Å². The molecule has 0 bridgehead atoms. The van der Waals surface area contributed by atoms with Crippen molar-refractivity contribution in [1.82, 2.24) is 10.1 Å². The van der Waals surface area contributed by atoms with E-state index in [1.165, 1.54) is 0 Å². The number of hydrogen-bond acceptors (Lipinski definition) is 6. The van der Waals surface area contributed by atoms with E-state index in [1.54, 1.807) is 12.2 Å². The summed E-state index contributed by atoms with van der Waals surface area (Å²) >= 11 is 0. The number of nitrogens with two attached hydrogens (primary N) is 2. The van der Waals surface area contributed by atoms with Crippen LogP contribution < -0.4 is 11.6 Å². The zero-order valence-electron chi connectivity index (χ0n) is 9.41. The number of aldehydes is 1. The molecule has 7 heteroatoms. The second kappa shape index (κ2) is 5.09. The summed E-state index contributed by atoms with van der Waals surface area (Å²) in [4.78, 5) is 14.4. The van der Waals surface area contributed by atoms with Gasteiger partial charge in [-0.1, -0.05) is 23.4 Å². The van der Waals surface area contributed by atoms with Crippen LogP contribution in [0.5, 0.6) is 0 Å². The Morgan fingerprint density at radius 2 is 2.28 bits per heavy atom. The third kappa shape index (κ3) is 2.34. The third-order valence-electron chi connectivity index (χ3n) is 2.35. The van der Waals surface area contributed by atoms with E-state index in [0.29, 0.717) is 18.3 Å². The first kappa shape index (κ1) is 11.8. The number of allylic oxidation sites excluding steroid dienone is 4. The molecular weight excluding hydrogens is 234 g/mol. The Balaban J connectivity index is 2.24. The van der Waals surface area contributed by atoms with Gasteiger partial charge in [-0.25, -0.2) is 0 Å². The van der Waals surface area contributed by atoms with Crippen LogP contribution in [0.25, 0.3) is 5.57 Å². The number of aromatic nitrogens is 2. The first-order chi connectivity index (χ1) is 8.74. The Kier molecular flexibility index (Phi) is 3.33. The minimum Gasteiger partial charge on any atom is -0.382 e. The zero-order valence-corrected chi connectivity index (χ0v) is 9.41. The van der Waals surface area contributed by atoms with Crippen molar-refractivity contribution in [2.75, 3.05) is 0 Å². The van der Waals surface area contributed by atoms with Crippen LogP contribution in [-0.4, -0.2) is 22.3 Å². The highest BCUT2D eigenvalue weighted by Gasteiger charge is 2.10. The van der Waals surface area contributed by atoms with Gasteiger partial charge >= 0.3 is 0 Å². The molecule has 1 aromatic heterocycles. The standard InChI is InChI=1S/C11H11N5O2/c12-10(15-13)7-2-1-3-8(5-4-7)11-14-9(6-17)16-18-11/h2-6H,1,13H2,(H2,12,15). The van der Waals surface area contributed by atoms with Crippen LogP contribution in [-0.2, 0) is 0 Å². The molecule has 0 unspecified atom stereocenters. The van der Waals surface area contributed by atoms with Gasteiger partial charge in [0.05, 0.1) is 0 Å². The molecule has 4 N–H and O–H groups in total. The number of amidine groups is 1. The number of nitrogens with zero attached hydrogens (tertiary/aromatic N) is 3. The summed E-state index contributed by atoms with van der Waals surface area (Å²) in [5.74, 6) is 5.66. The van der Waals surface area contributed by atoms with E-state index in [-0.39, 0.29) is 17.6 Å². The second-order valence-electron chi connectivity index (χ2n) is 3.48. The topological polar surface area (TPSA) is 120 Å². The average molecular weight is 245 g/mol. The quantitative estimate of drug-likeness (QED) is 0.261. The molecule has 0 spiro atoms. The maximum atomic E-state index is 10.5. The molecule has 0 aromatic carbocycles. The number of carbonyl (C=O) groups excluding carboxylic acids is 1. The van der Waals surface area contributed by atoms with Crippen molar-refractivity contribution in [3.05, 3.63) is 41.6 Å². The third-order valence-corrected chi connectivity index (χ3v) is 2.35. The largest absolute Gasteiger partial charge is 0.382 e. The fourth-order valence-electron chi connectivity index (χ4n) is 1.45. The molecule has 1 aliphatic carbocycles. The van der Waals surface area contributed by atoms with Gasteiger partial charge in [0.15, 0.2) is 6.29 Å². The summed E-state index contributed by atoms with van der Waals surface area (Å²) in [6, 6.07) is 0. The number of hydrogen-bond donors (Lipinski definition) is 2. The molecule has 92 valence electrons. The molecule has 0 amide bonds. The lowest BCUT2D eigenvalue weighted by atomic mass is 10.2. The van der Waals surface area contributed by atoms with Crippen molar-refractivity contribution in [2.45, 2.75) is 6.42 Å². The fourth-order valence-corrected chi connectivity index (χ4v) is 1.45. The highest BCUT2D eigenvalue weighted by atomic mass is 16.5. The van der Waals surface area contributed by atoms with Crippen LogP contribution in [0.1, 0.15) is 22.9 Å². The SMILES string of the molecule is N/N=C(\N)C1=CCC=C(c2nc(C=O)no2)C=C1. The van der Waals surface area contributed by atoms with E-state index in [2.05, 4.69) is 15.2 Å². The first-order valence-electron chi connectivity index (χ1n) is 5.16. The highest BCUT2D eigenvalue weighted by Crippen LogP contribution is 2.19. The molecule has 0 saturated carbocycles. The van der Waals surface area contributed by atoms with Gasteiger partial charge < -0.3 is 16.1 Å². The lowest BCUT2D eigenvalue weighted by Crippen LogP contribution is -2.15. The Labute approximate surface area is 103 Å². The zero-order chi connectivity index (χ0) is 13.0. The van der Waals surface area contributed by atoms with Gasteiger partial charge in [0.1, 0.15) is 5.84 Å². The molecule has 1 aliphatic rings. The van der Waals surface area contributed by atoms with Gasteiger partial charge in [0.2, 0.25) is 5.82 Å². The van der Waals surface area contributed by atoms with E-state index in [4.69, 9.17) is 16.1 Å². The normalized spacial score (nSPS) is 15.9. The predicted octanol–water partition coefficient (Wildman–Crippen LogP) is 0.383. The minimum atomic E-state index is 0.0137. The van der Waals surface area contributed by atoms with Crippen molar-refractivity contribution in [3.8, 4) is 0 Å². The fraction of sp³-hybridized carbons (Fsp3) is 0.0909.